The fraction of sp³-hybridized carbons (Fsp3) is 0.800. The number of nitrogens with zero attached hydrogens (tertiary/aromatic N) is 1. The van der Waals surface area contributed by atoms with Gasteiger partial charge in [0, 0.05) is 6.54 Å². The molecule has 0 aliphatic carbocycles. The third-order valence-corrected chi connectivity index (χ3v) is 2.94. The third kappa shape index (κ3) is 2.06. The molecule has 0 spiro atoms. The molecule has 1 aliphatic heterocycles. The number of carboxylic acid groups (broad SMARTS) is 1. The van der Waals surface area contributed by atoms with Crippen LogP contribution in [0.4, 0.5) is 4.79 Å². The SMILES string of the molecule is CC(C)C1CN(C(C)(C)C(=O)O)C(=O)N1. The monoisotopic (exact) mass is 214 g/mol. The molecule has 1 saturated heterocycles. The number of carbonyl (C=O) groups excluding carboxylic acids is 1. The van der Waals surface area contributed by atoms with E-state index in [2.05, 4.69) is 5.32 Å². The number of carbonyl (C=O) groups is 2. The Morgan fingerprint density at radius 1 is 1.60 bits per heavy atom. The molecule has 0 saturated carbocycles. The van der Waals surface area contributed by atoms with Gasteiger partial charge < -0.3 is 15.3 Å². The summed E-state index contributed by atoms with van der Waals surface area (Å²) in [6.45, 7) is 7.54. The van der Waals surface area contributed by atoms with Gasteiger partial charge in [-0.25, -0.2) is 9.59 Å². The van der Waals surface area contributed by atoms with Gasteiger partial charge in [-0.3, -0.25) is 0 Å². The summed E-state index contributed by atoms with van der Waals surface area (Å²) in [5.74, 6) is -0.675. The van der Waals surface area contributed by atoms with Crippen LogP contribution in [0, 0.1) is 5.92 Å². The van der Waals surface area contributed by atoms with E-state index in [-0.39, 0.29) is 12.1 Å². The van der Waals surface area contributed by atoms with Gasteiger partial charge in [0.05, 0.1) is 6.04 Å². The van der Waals surface area contributed by atoms with Gasteiger partial charge in [0.1, 0.15) is 5.54 Å². The fourth-order valence-corrected chi connectivity index (χ4v) is 1.54. The largest absolute Gasteiger partial charge is 0.480 e. The Hall–Kier alpha value is -1.26. The normalized spacial score (nSPS) is 22.1. The molecule has 2 amide bonds. The van der Waals surface area contributed by atoms with Crippen LogP contribution in [0.15, 0.2) is 0 Å². The van der Waals surface area contributed by atoms with Crippen molar-refractivity contribution in [1.29, 1.82) is 0 Å². The second-order valence-corrected chi connectivity index (χ2v) is 4.77. The molecule has 0 aromatic carbocycles. The Kier molecular flexibility index (Phi) is 2.93. The van der Waals surface area contributed by atoms with E-state index in [1.807, 2.05) is 13.8 Å². The van der Waals surface area contributed by atoms with Gasteiger partial charge in [-0.1, -0.05) is 13.8 Å². The molecular formula is C10H18N2O3. The number of rotatable bonds is 3. The van der Waals surface area contributed by atoms with Crippen LogP contribution < -0.4 is 5.32 Å². The number of aliphatic carboxylic acids is 1. The predicted molar refractivity (Wildman–Crippen MR) is 55.6 cm³/mol. The molecular weight excluding hydrogens is 196 g/mol. The van der Waals surface area contributed by atoms with Crippen molar-refractivity contribution in [2.24, 2.45) is 5.92 Å². The van der Waals surface area contributed by atoms with Gasteiger partial charge in [-0.15, -0.1) is 0 Å². The van der Waals surface area contributed by atoms with Crippen molar-refractivity contribution >= 4 is 12.0 Å². The molecule has 15 heavy (non-hydrogen) atoms. The third-order valence-electron chi connectivity index (χ3n) is 2.94. The summed E-state index contributed by atoms with van der Waals surface area (Å²) in [7, 11) is 0. The fourth-order valence-electron chi connectivity index (χ4n) is 1.54. The summed E-state index contributed by atoms with van der Waals surface area (Å²) in [5, 5.41) is 11.8. The van der Waals surface area contributed by atoms with Gasteiger partial charge in [0.25, 0.3) is 0 Å². The molecule has 1 atom stereocenters. The molecule has 86 valence electrons. The Balaban J connectivity index is 2.82. The molecule has 1 aliphatic rings. The minimum Gasteiger partial charge on any atom is -0.480 e. The molecule has 1 unspecified atom stereocenters. The lowest BCUT2D eigenvalue weighted by Gasteiger charge is -2.30. The van der Waals surface area contributed by atoms with E-state index in [1.165, 1.54) is 18.7 Å². The van der Waals surface area contributed by atoms with Crippen molar-refractivity contribution in [3.05, 3.63) is 0 Å². The zero-order valence-corrected chi connectivity index (χ0v) is 9.57. The van der Waals surface area contributed by atoms with Crippen molar-refractivity contribution < 1.29 is 14.7 Å². The van der Waals surface area contributed by atoms with Crippen LogP contribution in [0.1, 0.15) is 27.7 Å². The van der Waals surface area contributed by atoms with Crippen LogP contribution in [0.25, 0.3) is 0 Å². The first-order valence-electron chi connectivity index (χ1n) is 5.08. The Morgan fingerprint density at radius 2 is 2.13 bits per heavy atom. The molecule has 0 aromatic heterocycles. The second kappa shape index (κ2) is 3.72. The molecule has 1 heterocycles. The first-order chi connectivity index (χ1) is 6.76. The number of carboxylic acids is 1. The van der Waals surface area contributed by atoms with Gasteiger partial charge in [0.2, 0.25) is 0 Å². The van der Waals surface area contributed by atoms with Crippen LogP contribution in [0.5, 0.6) is 0 Å². The number of hydrogen-bond acceptors (Lipinski definition) is 2. The van der Waals surface area contributed by atoms with Crippen molar-refractivity contribution in [3.8, 4) is 0 Å². The van der Waals surface area contributed by atoms with Crippen molar-refractivity contribution in [3.63, 3.8) is 0 Å². The van der Waals surface area contributed by atoms with Crippen molar-refractivity contribution in [2.45, 2.75) is 39.3 Å². The Morgan fingerprint density at radius 3 is 2.47 bits per heavy atom. The highest BCUT2D eigenvalue weighted by Crippen LogP contribution is 2.21. The van der Waals surface area contributed by atoms with E-state index in [0.717, 1.165) is 0 Å². The van der Waals surface area contributed by atoms with E-state index in [0.29, 0.717) is 12.5 Å². The first-order valence-corrected chi connectivity index (χ1v) is 5.08. The van der Waals surface area contributed by atoms with Crippen LogP contribution in [0.3, 0.4) is 0 Å². The lowest BCUT2D eigenvalue weighted by Crippen LogP contribution is -2.51. The van der Waals surface area contributed by atoms with E-state index in [9.17, 15) is 9.59 Å². The van der Waals surface area contributed by atoms with Gasteiger partial charge in [0.15, 0.2) is 0 Å². The molecule has 1 rings (SSSR count). The zero-order valence-electron chi connectivity index (χ0n) is 9.57. The van der Waals surface area contributed by atoms with Gasteiger partial charge in [-0.05, 0) is 19.8 Å². The van der Waals surface area contributed by atoms with E-state index < -0.39 is 11.5 Å². The Labute approximate surface area is 89.4 Å². The van der Waals surface area contributed by atoms with E-state index >= 15 is 0 Å². The summed E-state index contributed by atoms with van der Waals surface area (Å²) in [5.41, 5.74) is -1.15. The second-order valence-electron chi connectivity index (χ2n) is 4.77. The maximum Gasteiger partial charge on any atom is 0.329 e. The lowest BCUT2D eigenvalue weighted by atomic mass is 10.0. The molecule has 0 bridgehead atoms. The first kappa shape index (κ1) is 11.8. The smallest absolute Gasteiger partial charge is 0.329 e. The zero-order chi connectivity index (χ0) is 11.8. The molecule has 0 radical (unpaired) electrons. The minimum atomic E-state index is -1.15. The molecule has 0 aromatic rings. The summed E-state index contributed by atoms with van der Waals surface area (Å²) in [6, 6.07) is -0.253. The number of hydrogen-bond donors (Lipinski definition) is 2. The van der Waals surface area contributed by atoms with Gasteiger partial charge >= 0.3 is 12.0 Å². The van der Waals surface area contributed by atoms with Crippen LogP contribution >= 0.6 is 0 Å². The summed E-state index contributed by atoms with van der Waals surface area (Å²) >= 11 is 0. The van der Waals surface area contributed by atoms with Crippen molar-refractivity contribution in [2.75, 3.05) is 6.54 Å². The van der Waals surface area contributed by atoms with Crippen LogP contribution in [0.2, 0.25) is 0 Å². The standard InChI is InChI=1S/C10H18N2O3/c1-6(2)7-5-12(9(15)11-7)10(3,4)8(13)14/h6-7H,5H2,1-4H3,(H,11,15)(H,13,14). The van der Waals surface area contributed by atoms with Crippen LogP contribution in [-0.4, -0.2) is 40.1 Å². The quantitative estimate of drug-likeness (QED) is 0.733. The number of nitrogens with one attached hydrogen (secondary N) is 1. The molecule has 1 fully saturated rings. The molecule has 2 N–H and O–H groups in total. The lowest BCUT2D eigenvalue weighted by molar-refractivity contribution is -0.147. The van der Waals surface area contributed by atoms with Crippen LogP contribution in [-0.2, 0) is 4.79 Å². The highest BCUT2D eigenvalue weighted by atomic mass is 16.4. The van der Waals surface area contributed by atoms with E-state index in [4.69, 9.17) is 5.11 Å². The summed E-state index contributed by atoms with van der Waals surface area (Å²) in [4.78, 5) is 24.0. The average molecular weight is 214 g/mol. The average Bonchev–Trinajstić information content (AvgIpc) is 2.47. The number of urea groups is 1. The highest BCUT2D eigenvalue weighted by molar-refractivity contribution is 5.87. The van der Waals surface area contributed by atoms with Gasteiger partial charge in [-0.2, -0.15) is 0 Å². The number of amides is 2. The topological polar surface area (TPSA) is 69.6 Å². The maximum atomic E-state index is 11.6. The maximum absolute atomic E-state index is 11.6. The Bertz CT molecular complexity index is 286. The summed E-state index contributed by atoms with van der Waals surface area (Å²) in [6.07, 6.45) is 0. The van der Waals surface area contributed by atoms with E-state index in [1.54, 1.807) is 0 Å². The minimum absolute atomic E-state index is 0.0381. The molecule has 5 nitrogen and oxygen atoms in total. The van der Waals surface area contributed by atoms with Crippen molar-refractivity contribution in [1.82, 2.24) is 10.2 Å². The summed E-state index contributed by atoms with van der Waals surface area (Å²) < 4.78 is 0. The predicted octanol–water partition coefficient (Wildman–Crippen LogP) is 0.899. The molecule has 5 heteroatoms. The highest BCUT2D eigenvalue weighted by Gasteiger charge is 2.43.